The Morgan fingerprint density at radius 1 is 1.07 bits per heavy atom. The Kier molecular flexibility index (Phi) is 11.2. The monoisotopic (exact) mass is 642 g/mol. The highest BCUT2D eigenvalue weighted by Gasteiger charge is 2.43. The van der Waals surface area contributed by atoms with E-state index < -0.39 is 45.1 Å². The number of aromatic nitrogens is 2. The van der Waals surface area contributed by atoms with Gasteiger partial charge in [-0.15, -0.1) is 0 Å². The van der Waals surface area contributed by atoms with Crippen molar-refractivity contribution in [3.63, 3.8) is 0 Å². The number of hydrogen-bond acceptors (Lipinski definition) is 9. The zero-order valence-corrected chi connectivity index (χ0v) is 26.2. The molecule has 0 unspecified atom stereocenters. The van der Waals surface area contributed by atoms with Gasteiger partial charge in [-0.25, -0.2) is 9.78 Å². The number of unbranched alkanes of at least 4 members (excludes halogenated alkanes) is 3. The molecular weight excluding hydrogens is 604 g/mol. The Bertz CT molecular complexity index is 1610. The number of carbonyl (C=O) groups is 3. The maximum absolute atomic E-state index is 14.2. The predicted octanol–water partition coefficient (Wildman–Crippen LogP) is 4.12. The highest BCUT2D eigenvalue weighted by atomic mass is 32.2. The van der Waals surface area contributed by atoms with Crippen molar-refractivity contribution >= 4 is 33.7 Å². The van der Waals surface area contributed by atoms with Crippen LogP contribution in [0.1, 0.15) is 61.8 Å². The van der Waals surface area contributed by atoms with E-state index in [-0.39, 0.29) is 30.3 Å². The second kappa shape index (κ2) is 15.0. The smallest absolute Gasteiger partial charge is 0.328 e. The molecule has 2 aromatic carbocycles. The van der Waals surface area contributed by atoms with Crippen molar-refractivity contribution in [1.82, 2.24) is 14.5 Å². The lowest BCUT2D eigenvalue weighted by Gasteiger charge is -2.28. The summed E-state index contributed by atoms with van der Waals surface area (Å²) in [6.45, 7) is 2.23. The number of nitrogens with one attached hydrogen (secondary N) is 1. The highest BCUT2D eigenvalue weighted by molar-refractivity contribution is 7.86. The summed E-state index contributed by atoms with van der Waals surface area (Å²) in [5, 5.41) is 2.53. The van der Waals surface area contributed by atoms with Crippen molar-refractivity contribution in [2.45, 2.75) is 68.5 Å². The van der Waals surface area contributed by atoms with Gasteiger partial charge in [-0.05, 0) is 30.7 Å². The summed E-state index contributed by atoms with van der Waals surface area (Å²) in [5.41, 5.74) is -0.262. The normalized spacial score (nSPS) is 17.0. The molecule has 1 fully saturated rings. The van der Waals surface area contributed by atoms with Gasteiger partial charge < -0.3 is 29.0 Å². The number of amides is 2. The third-order valence-corrected chi connectivity index (χ3v) is 8.50. The van der Waals surface area contributed by atoms with Crippen molar-refractivity contribution in [1.29, 1.82) is 0 Å². The van der Waals surface area contributed by atoms with E-state index >= 15 is 0 Å². The number of hydrogen-bond donors (Lipinski definition) is 2. The van der Waals surface area contributed by atoms with E-state index in [0.717, 1.165) is 31.7 Å². The van der Waals surface area contributed by atoms with Crippen LogP contribution in [0.2, 0.25) is 0 Å². The van der Waals surface area contributed by atoms with Gasteiger partial charge >= 0.3 is 5.97 Å². The fraction of sp³-hybridized carbons (Fsp3) is 0.419. The topological polar surface area (TPSA) is 166 Å². The average Bonchev–Trinajstić information content (AvgIpc) is 3.67. The van der Waals surface area contributed by atoms with Crippen molar-refractivity contribution in [2.75, 3.05) is 26.1 Å². The number of rotatable bonds is 14. The molecule has 1 aromatic heterocycles. The van der Waals surface area contributed by atoms with Crippen molar-refractivity contribution in [3.05, 3.63) is 66.6 Å². The number of methoxy groups -OCH3 is 2. The van der Waals surface area contributed by atoms with Gasteiger partial charge in [-0.1, -0.05) is 50.8 Å². The largest absolute Gasteiger partial charge is 0.497 e. The van der Waals surface area contributed by atoms with Crippen LogP contribution in [-0.2, 0) is 24.4 Å². The van der Waals surface area contributed by atoms with Crippen LogP contribution in [0.25, 0.3) is 0 Å². The summed E-state index contributed by atoms with van der Waals surface area (Å²) in [6.07, 6.45) is 6.70. The molecule has 4 rings (SSSR count). The van der Waals surface area contributed by atoms with Crippen molar-refractivity contribution in [3.8, 4) is 11.5 Å². The molecule has 0 bridgehead atoms. The van der Waals surface area contributed by atoms with Crippen molar-refractivity contribution in [2.24, 2.45) is 0 Å². The average molecular weight is 643 g/mol. The lowest BCUT2D eigenvalue weighted by atomic mass is 10.1. The number of carbonyl (C=O) groups excluding carboxylic acids is 3. The first-order valence-electron chi connectivity index (χ1n) is 14.7. The second-order valence-corrected chi connectivity index (χ2v) is 12.1. The SMILES string of the molecule is CCCCCC[C@H](C(=O)N1C[C@@H](Oc2cccc(OC)c2)C[C@H]1C(=O)OC)n1cnc(NC(=O)c2ccccc2S(=O)(=O)O)c1. The zero-order valence-electron chi connectivity index (χ0n) is 25.4. The predicted molar refractivity (Wildman–Crippen MR) is 164 cm³/mol. The first-order valence-corrected chi connectivity index (χ1v) is 16.1. The van der Waals surface area contributed by atoms with E-state index in [0.29, 0.717) is 17.9 Å². The van der Waals surface area contributed by atoms with Crippen LogP contribution in [0, 0.1) is 0 Å². The molecule has 1 aliphatic heterocycles. The molecular formula is C31H38N4O9S. The van der Waals surface area contributed by atoms with Crippen LogP contribution in [0.4, 0.5) is 5.82 Å². The summed E-state index contributed by atoms with van der Waals surface area (Å²) in [4.78, 5) is 45.1. The van der Waals surface area contributed by atoms with Gasteiger partial charge in [0.25, 0.3) is 16.0 Å². The van der Waals surface area contributed by atoms with Crippen molar-refractivity contribution < 1.29 is 41.6 Å². The van der Waals surface area contributed by atoms with Crippen LogP contribution in [0.15, 0.2) is 66.0 Å². The minimum Gasteiger partial charge on any atom is -0.497 e. The maximum atomic E-state index is 14.2. The first-order chi connectivity index (χ1) is 21.5. The summed E-state index contributed by atoms with van der Waals surface area (Å²) >= 11 is 0. The number of esters is 1. The quantitative estimate of drug-likeness (QED) is 0.148. The molecule has 14 heteroatoms. The highest BCUT2D eigenvalue weighted by Crippen LogP contribution is 2.30. The lowest BCUT2D eigenvalue weighted by molar-refractivity contribution is -0.152. The van der Waals surface area contributed by atoms with Gasteiger partial charge in [0, 0.05) is 18.7 Å². The molecule has 0 radical (unpaired) electrons. The number of likely N-dealkylation sites (tertiary alicyclic amines) is 1. The number of imidazole rings is 1. The Hall–Kier alpha value is -4.43. The fourth-order valence-corrected chi connectivity index (χ4v) is 6.03. The van der Waals surface area contributed by atoms with E-state index in [1.807, 2.05) is 0 Å². The standard InChI is InChI=1S/C31H38N4O9S/c1-4-5-6-7-14-25(34-19-28(32-20-34)33-29(36)24-13-8-9-15-27(24)45(39,40)41)30(37)35-18-23(17-26(35)31(38)43-3)44-22-12-10-11-21(16-22)42-2/h8-13,15-16,19-20,23,25-26H,4-7,14,17-18H2,1-3H3,(H,33,36)(H,39,40,41)/t23-,25+,26-/m0/s1. The van der Waals surface area contributed by atoms with E-state index in [1.54, 1.807) is 35.9 Å². The fourth-order valence-electron chi connectivity index (χ4n) is 5.34. The number of benzene rings is 2. The van der Waals surface area contributed by atoms with Gasteiger partial charge in [0.05, 0.1) is 32.7 Å². The summed E-state index contributed by atoms with van der Waals surface area (Å²) < 4.78 is 51.1. The van der Waals surface area contributed by atoms with Gasteiger partial charge in [0.15, 0.2) is 5.82 Å². The molecule has 0 spiro atoms. The minimum atomic E-state index is -4.65. The van der Waals surface area contributed by atoms with Crippen LogP contribution < -0.4 is 14.8 Å². The lowest BCUT2D eigenvalue weighted by Crippen LogP contribution is -2.44. The molecule has 242 valence electrons. The van der Waals surface area contributed by atoms with Crippen LogP contribution in [0.5, 0.6) is 11.5 Å². The van der Waals surface area contributed by atoms with E-state index in [4.69, 9.17) is 14.2 Å². The minimum absolute atomic E-state index is 0.0710. The molecule has 3 aromatic rings. The molecule has 13 nitrogen and oxygen atoms in total. The van der Waals surface area contributed by atoms with Crippen LogP contribution in [0.3, 0.4) is 0 Å². The zero-order chi connectivity index (χ0) is 32.6. The molecule has 2 N–H and O–H groups in total. The second-order valence-electron chi connectivity index (χ2n) is 10.7. The number of anilines is 1. The molecule has 1 aliphatic rings. The van der Waals surface area contributed by atoms with Crippen LogP contribution >= 0.6 is 0 Å². The van der Waals surface area contributed by atoms with Gasteiger partial charge in [-0.2, -0.15) is 8.42 Å². The Labute approximate surface area is 262 Å². The Morgan fingerprint density at radius 3 is 2.53 bits per heavy atom. The Morgan fingerprint density at radius 2 is 1.82 bits per heavy atom. The van der Waals surface area contributed by atoms with Crippen LogP contribution in [-0.4, -0.2) is 78.1 Å². The Balaban J connectivity index is 1.57. The van der Waals surface area contributed by atoms with Gasteiger partial charge in [0.1, 0.15) is 34.6 Å². The summed E-state index contributed by atoms with van der Waals surface area (Å²) in [7, 11) is -1.83. The molecule has 3 atom stereocenters. The summed E-state index contributed by atoms with van der Waals surface area (Å²) in [6, 6.07) is 10.7. The molecule has 1 saturated heterocycles. The maximum Gasteiger partial charge on any atom is 0.328 e. The molecule has 0 aliphatic carbocycles. The van der Waals surface area contributed by atoms with Gasteiger partial charge in [0.2, 0.25) is 5.91 Å². The molecule has 2 amide bonds. The first kappa shape index (κ1) is 33.5. The van der Waals surface area contributed by atoms with Gasteiger partial charge in [-0.3, -0.25) is 14.1 Å². The number of ether oxygens (including phenoxy) is 3. The van der Waals surface area contributed by atoms with E-state index in [2.05, 4.69) is 17.2 Å². The van der Waals surface area contributed by atoms with E-state index in [1.165, 1.54) is 42.7 Å². The third kappa shape index (κ3) is 8.39. The summed E-state index contributed by atoms with van der Waals surface area (Å²) in [5.74, 6) is -0.464. The molecule has 0 saturated carbocycles. The number of nitrogens with zero attached hydrogens (tertiary/aromatic N) is 3. The third-order valence-electron chi connectivity index (χ3n) is 7.59. The molecule has 45 heavy (non-hydrogen) atoms. The molecule has 2 heterocycles. The van der Waals surface area contributed by atoms with E-state index in [9.17, 15) is 27.4 Å².